The smallest absolute Gasteiger partial charge is 0.314 e. The van der Waals surface area contributed by atoms with Crippen molar-refractivity contribution in [3.05, 3.63) is 66.7 Å². The van der Waals surface area contributed by atoms with Gasteiger partial charge in [-0.15, -0.1) is 0 Å². The van der Waals surface area contributed by atoms with Gasteiger partial charge in [-0.25, -0.2) is 17.6 Å². The Morgan fingerprint density at radius 1 is 0.714 bits per heavy atom. The van der Waals surface area contributed by atoms with Gasteiger partial charge in [0, 0.05) is 21.7 Å². The molecule has 2 N–H and O–H groups in total. The molecular weight excluding hydrogens is 560 g/mol. The number of allylic oxidation sites excluding steroid dienone is 4. The van der Waals surface area contributed by atoms with Crippen LogP contribution in [0.25, 0.3) is 20.9 Å². The van der Waals surface area contributed by atoms with Gasteiger partial charge in [-0.3, -0.25) is 9.59 Å². The zero-order chi connectivity index (χ0) is 32.5. The minimum absolute atomic E-state index is 0.420. The summed E-state index contributed by atoms with van der Waals surface area (Å²) in [4.78, 5) is 31.5. The molecule has 10 nitrogen and oxygen atoms in total. The fourth-order valence-electron chi connectivity index (χ4n) is 7.14. The van der Waals surface area contributed by atoms with Crippen molar-refractivity contribution in [1.82, 2.24) is 0 Å². The van der Waals surface area contributed by atoms with Crippen molar-refractivity contribution in [3.63, 3.8) is 0 Å². The lowest BCUT2D eigenvalue weighted by Gasteiger charge is -2.49. The Morgan fingerprint density at radius 3 is 1.19 bits per heavy atom. The molecule has 14 heteroatoms. The number of carboxylic acid groups (broad SMARTS) is 2. The average molecular weight is 597 g/mol. The Bertz CT molecular complexity index is 1280. The summed E-state index contributed by atoms with van der Waals surface area (Å²) >= 11 is 0. The number of rotatable bonds is 11. The predicted molar refractivity (Wildman–Crippen MR) is 147 cm³/mol. The van der Waals surface area contributed by atoms with Crippen molar-refractivity contribution in [2.45, 2.75) is 68.2 Å². The summed E-state index contributed by atoms with van der Waals surface area (Å²) < 4.78 is 63.8. The van der Waals surface area contributed by atoms with Crippen LogP contribution in [0.15, 0.2) is 56.1 Å². The van der Waals surface area contributed by atoms with Gasteiger partial charge in [0.05, 0.1) is 0 Å². The molecular formula is C28H36F4N6O4. The molecule has 0 spiro atoms. The van der Waals surface area contributed by atoms with Crippen molar-refractivity contribution in [2.75, 3.05) is 0 Å². The molecule has 2 aliphatic rings. The lowest BCUT2D eigenvalue weighted by atomic mass is 9.53. The van der Waals surface area contributed by atoms with E-state index in [2.05, 4.69) is 20.1 Å². The first-order valence-electron chi connectivity index (χ1n) is 13.6. The van der Waals surface area contributed by atoms with E-state index in [0.29, 0.717) is 0 Å². The first-order chi connectivity index (χ1) is 19.4. The number of halogens is 4. The van der Waals surface area contributed by atoms with Crippen molar-refractivity contribution in [2.24, 2.45) is 56.6 Å². The van der Waals surface area contributed by atoms with Crippen molar-refractivity contribution >= 4 is 11.9 Å². The highest BCUT2D eigenvalue weighted by molar-refractivity contribution is 5.84. The van der Waals surface area contributed by atoms with Crippen molar-refractivity contribution < 1.29 is 37.4 Å². The third kappa shape index (κ3) is 5.18. The summed E-state index contributed by atoms with van der Waals surface area (Å²) in [5, 5.41) is 27.8. The van der Waals surface area contributed by atoms with Crippen LogP contribution in [0, 0.1) is 46.3 Å². The lowest BCUT2D eigenvalue weighted by molar-refractivity contribution is -0.157. The summed E-state index contributed by atoms with van der Waals surface area (Å²) in [6.07, 6.45) is -1.49. The molecule has 2 aliphatic carbocycles. The number of carboxylic acids is 2. The van der Waals surface area contributed by atoms with Crippen LogP contribution in [0.5, 0.6) is 0 Å². The molecule has 0 amide bonds. The molecule has 0 heterocycles. The molecule has 0 saturated heterocycles. The molecule has 230 valence electrons. The number of hydrogen-bond donors (Lipinski definition) is 2. The second-order valence-electron chi connectivity index (χ2n) is 12.0. The third-order valence-electron chi connectivity index (χ3n) is 8.36. The lowest BCUT2D eigenvalue weighted by Crippen LogP contribution is -2.51. The predicted octanol–water partition coefficient (Wildman–Crippen LogP) is 9.22. The van der Waals surface area contributed by atoms with Gasteiger partial charge in [0.15, 0.2) is 0 Å². The maximum Gasteiger partial charge on any atom is 0.314 e. The third-order valence-corrected chi connectivity index (χ3v) is 8.36. The molecule has 0 aromatic heterocycles. The van der Waals surface area contributed by atoms with Crippen LogP contribution in [0.1, 0.15) is 68.2 Å². The summed E-state index contributed by atoms with van der Waals surface area (Å²) in [7, 11) is 0. The second kappa shape index (κ2) is 12.6. The zero-order valence-corrected chi connectivity index (χ0v) is 24.8. The Labute approximate surface area is 241 Å². The van der Waals surface area contributed by atoms with Gasteiger partial charge in [-0.1, -0.05) is 65.6 Å². The highest BCUT2D eigenvalue weighted by atomic mass is 19.1. The highest BCUT2D eigenvalue weighted by Crippen LogP contribution is 2.62. The largest absolute Gasteiger partial charge is 0.481 e. The normalized spacial score (nSPS) is 26.9. The number of azide groups is 2. The van der Waals surface area contributed by atoms with Crippen molar-refractivity contribution in [1.29, 1.82) is 0 Å². The minimum Gasteiger partial charge on any atom is -0.481 e. The Morgan fingerprint density at radius 2 is 1.00 bits per heavy atom. The van der Waals surface area contributed by atoms with Gasteiger partial charge < -0.3 is 10.2 Å². The summed E-state index contributed by atoms with van der Waals surface area (Å²) in [5.74, 6) is -15.4. The van der Waals surface area contributed by atoms with Gasteiger partial charge in [-0.05, 0) is 58.7 Å². The quantitative estimate of drug-likeness (QED) is 0.105. The first kappa shape index (κ1) is 34.4. The van der Waals surface area contributed by atoms with Gasteiger partial charge in [-0.2, -0.15) is 0 Å². The molecule has 4 atom stereocenters. The minimum atomic E-state index is -2.42. The van der Waals surface area contributed by atoms with Crippen molar-refractivity contribution in [3.8, 4) is 0 Å². The van der Waals surface area contributed by atoms with E-state index < -0.39 is 117 Å². The average Bonchev–Trinajstić information content (AvgIpc) is 2.85. The van der Waals surface area contributed by atoms with Gasteiger partial charge in [0.1, 0.15) is 45.5 Å². The first-order valence-corrected chi connectivity index (χ1v) is 13.6. The molecule has 0 radical (unpaired) electrons. The fraction of sp³-hybridized carbons (Fsp3) is 0.643. The van der Waals surface area contributed by atoms with E-state index in [4.69, 9.17) is 11.1 Å². The molecule has 0 saturated carbocycles. The Hall–Kier alpha value is -3.76. The maximum atomic E-state index is 16.0. The van der Waals surface area contributed by atoms with E-state index in [-0.39, 0.29) is 0 Å². The number of hydrogen-bond acceptors (Lipinski definition) is 4. The van der Waals surface area contributed by atoms with Crippen LogP contribution in [0.4, 0.5) is 17.6 Å². The topological polar surface area (TPSA) is 172 Å². The van der Waals surface area contributed by atoms with Gasteiger partial charge >= 0.3 is 11.9 Å². The SMILES string of the molecule is CC(C)C1=C(F)C(N=[N+]=[N-])=C(F)C(C(C)C)C1(CCC1(C(=O)O)C(C(C)C)=C(F)C(N=[N+]=[N-])=C(F)C1C(C)C)C(=O)O. The number of aliphatic carboxylic acids is 2. The summed E-state index contributed by atoms with van der Waals surface area (Å²) in [5.41, 5.74) is 10.3. The highest BCUT2D eigenvalue weighted by Gasteiger charge is 2.62. The number of nitrogens with zero attached hydrogens (tertiary/aromatic N) is 6. The van der Waals surface area contributed by atoms with Crippen LogP contribution < -0.4 is 0 Å². The standard InChI is InChI=1S/C28H36F4N6O4/c1-11(2)15-19(29)23(35-37-33)20(30)16(12(3)4)27(15,25(39)40)9-10-28(26(41)42)17(13(5)6)21(31)24(36-38-34)22(32)18(28)14(7)8/h11-15,17H,9-10H2,1-8H3,(H,39,40)(H,41,42). The second-order valence-corrected chi connectivity index (χ2v) is 12.0. The van der Waals surface area contributed by atoms with Gasteiger partial charge in [0.25, 0.3) is 0 Å². The van der Waals surface area contributed by atoms with Crippen LogP contribution in [0.3, 0.4) is 0 Å². The molecule has 42 heavy (non-hydrogen) atoms. The molecule has 0 aromatic rings. The van der Waals surface area contributed by atoms with Gasteiger partial charge in [0.2, 0.25) is 0 Å². The Kier molecular flexibility index (Phi) is 10.4. The van der Waals surface area contributed by atoms with Crippen LogP contribution in [-0.4, -0.2) is 22.2 Å². The maximum absolute atomic E-state index is 16.0. The summed E-state index contributed by atoms with van der Waals surface area (Å²) in [6.45, 7) is 11.8. The van der Waals surface area contributed by atoms with E-state index in [1.807, 2.05) is 0 Å². The monoisotopic (exact) mass is 596 g/mol. The molecule has 0 fully saturated rings. The Balaban J connectivity index is 3.07. The van der Waals surface area contributed by atoms with E-state index in [9.17, 15) is 19.8 Å². The molecule has 2 rings (SSSR count). The van der Waals surface area contributed by atoms with E-state index >= 15 is 17.6 Å². The zero-order valence-electron chi connectivity index (χ0n) is 24.8. The van der Waals surface area contributed by atoms with E-state index in [0.717, 1.165) is 0 Å². The fourth-order valence-corrected chi connectivity index (χ4v) is 7.14. The molecule has 4 unspecified atom stereocenters. The molecule has 0 aromatic carbocycles. The van der Waals surface area contributed by atoms with E-state index in [1.165, 1.54) is 55.4 Å². The van der Waals surface area contributed by atoms with Crippen LogP contribution >= 0.6 is 0 Å². The summed E-state index contributed by atoms with van der Waals surface area (Å²) in [6, 6.07) is 0. The van der Waals surface area contributed by atoms with Crippen LogP contribution in [-0.2, 0) is 9.59 Å². The van der Waals surface area contributed by atoms with Crippen LogP contribution in [0.2, 0.25) is 0 Å². The van der Waals surface area contributed by atoms with E-state index in [1.54, 1.807) is 0 Å². The molecule has 0 bridgehead atoms. The molecule has 0 aliphatic heterocycles. The number of carbonyl (C=O) groups is 2.